The van der Waals surface area contributed by atoms with Crippen molar-refractivity contribution in [3.05, 3.63) is 24.6 Å². The second kappa shape index (κ2) is 10.3. The highest BCUT2D eigenvalue weighted by Crippen LogP contribution is 2.65. The molecule has 2 aliphatic heterocycles. The summed E-state index contributed by atoms with van der Waals surface area (Å²) in [6, 6.07) is 4.38. The van der Waals surface area contributed by atoms with Gasteiger partial charge in [-0.3, -0.25) is 0 Å². The van der Waals surface area contributed by atoms with Gasteiger partial charge in [0.25, 0.3) is 0 Å². The first-order valence-corrected chi connectivity index (χ1v) is 12.7. The van der Waals surface area contributed by atoms with Crippen molar-refractivity contribution in [3.8, 4) is 12.1 Å². The summed E-state index contributed by atoms with van der Waals surface area (Å²) in [7, 11) is 0. The summed E-state index contributed by atoms with van der Waals surface area (Å²) >= 11 is 17.6. The van der Waals surface area contributed by atoms with E-state index < -0.39 is 0 Å². The first-order valence-electron chi connectivity index (χ1n) is 5.90. The van der Waals surface area contributed by atoms with Crippen LogP contribution in [0.2, 0.25) is 0 Å². The molecule has 116 valence electrons. The fourth-order valence-electron chi connectivity index (χ4n) is 1.26. The Kier molecular flexibility index (Phi) is 9.16. The van der Waals surface area contributed by atoms with Crippen LogP contribution in [0.15, 0.2) is 24.6 Å². The van der Waals surface area contributed by atoms with Crippen LogP contribution < -0.4 is 0 Å². The summed E-state index contributed by atoms with van der Waals surface area (Å²) in [5.41, 5.74) is 0. The molecule has 2 aliphatic rings. The minimum Gasteiger partial charge on any atom is -0.198 e. The molecule has 0 aromatic rings. The summed E-state index contributed by atoms with van der Waals surface area (Å²) in [5.74, 6) is 1.63. The van der Waals surface area contributed by atoms with E-state index >= 15 is 0 Å². The molecule has 0 saturated carbocycles. The number of nitrogens with zero attached hydrogens (tertiary/aromatic N) is 2. The van der Waals surface area contributed by atoms with Crippen molar-refractivity contribution in [2.45, 2.75) is 12.8 Å². The predicted octanol–water partition coefficient (Wildman–Crippen LogP) is 7.41. The van der Waals surface area contributed by atoms with E-state index in [1.54, 1.807) is 70.6 Å². The Balaban J connectivity index is 2.04. The summed E-state index contributed by atoms with van der Waals surface area (Å²) in [6.45, 7) is 0. The number of hydrogen-bond acceptors (Lipinski definition) is 8. The molecule has 0 aromatic heterocycles. The molecule has 0 fully saturated rings. The fraction of sp³-hybridized carbons (Fsp3) is 0.333. The van der Waals surface area contributed by atoms with Crippen LogP contribution in [0.3, 0.4) is 0 Å². The molecular formula is C12H8Br2N2S6. The fourth-order valence-corrected chi connectivity index (χ4v) is 11.3. The van der Waals surface area contributed by atoms with E-state index in [-0.39, 0.29) is 0 Å². The molecule has 10 heteroatoms. The normalized spacial score (nSPS) is 18.2. The Morgan fingerprint density at radius 1 is 0.773 bits per heavy atom. The molecule has 0 unspecified atom stereocenters. The number of rotatable bonds is 6. The number of halogens is 2. The molecule has 0 radical (unpaired) electrons. The largest absolute Gasteiger partial charge is 0.198 e. The second-order valence-corrected chi connectivity index (χ2v) is 13.6. The van der Waals surface area contributed by atoms with Crippen molar-refractivity contribution in [2.24, 2.45) is 0 Å². The monoisotopic (exact) mass is 530 g/mol. The number of thioether (sulfide) groups is 6. The zero-order chi connectivity index (χ0) is 15.9. The van der Waals surface area contributed by atoms with Crippen LogP contribution in [0, 0.1) is 22.7 Å². The highest BCUT2D eigenvalue weighted by atomic mass is 79.9. The molecule has 0 spiro atoms. The van der Waals surface area contributed by atoms with Gasteiger partial charge >= 0.3 is 0 Å². The first kappa shape index (κ1) is 19.6. The Morgan fingerprint density at radius 3 is 1.59 bits per heavy atom. The van der Waals surface area contributed by atoms with Crippen LogP contribution in [-0.2, 0) is 0 Å². The molecule has 0 N–H and O–H groups in total. The zero-order valence-corrected chi connectivity index (χ0v) is 19.0. The molecule has 0 saturated heterocycles. The number of nitriles is 2. The summed E-state index contributed by atoms with van der Waals surface area (Å²) in [4.78, 5) is 0. The van der Waals surface area contributed by atoms with Gasteiger partial charge in [0.05, 0.1) is 36.7 Å². The lowest BCUT2D eigenvalue weighted by Crippen LogP contribution is -1.79. The average molecular weight is 532 g/mol. The van der Waals surface area contributed by atoms with Gasteiger partial charge in [-0.15, -0.1) is 23.5 Å². The Labute approximate surface area is 172 Å². The van der Waals surface area contributed by atoms with E-state index in [0.717, 1.165) is 19.1 Å². The highest BCUT2D eigenvalue weighted by molar-refractivity contribution is 9.17. The van der Waals surface area contributed by atoms with E-state index in [4.69, 9.17) is 10.5 Å². The standard InChI is InChI=1S/C12H8Br2N2S6/c13-7-8(14)20-11(19-7)12-21-9(17-5-1-3-15)10(22-12)18-6-2-4-16/h1-2,5-6H2. The third kappa shape index (κ3) is 5.66. The van der Waals surface area contributed by atoms with Gasteiger partial charge in [0.1, 0.15) is 0 Å². The van der Waals surface area contributed by atoms with Crippen molar-refractivity contribution in [3.63, 3.8) is 0 Å². The smallest absolute Gasteiger partial charge is 0.0767 e. The first-order chi connectivity index (χ1) is 10.7. The lowest BCUT2D eigenvalue weighted by atomic mass is 10.6. The van der Waals surface area contributed by atoms with Gasteiger partial charge in [0.15, 0.2) is 0 Å². The van der Waals surface area contributed by atoms with Crippen LogP contribution in [-0.4, -0.2) is 11.5 Å². The van der Waals surface area contributed by atoms with Crippen molar-refractivity contribution >= 4 is 102 Å². The minimum atomic E-state index is 0.559. The quantitative estimate of drug-likeness (QED) is 0.328. The van der Waals surface area contributed by atoms with E-state index in [1.807, 2.05) is 0 Å². The molecule has 0 bridgehead atoms. The molecule has 2 rings (SSSR count). The SMILES string of the molecule is N#CCCSC1=C(SCCC#N)SC(=C2SC(Br)=C(Br)S2)S1. The molecule has 2 nitrogen and oxygen atoms in total. The molecule has 0 amide bonds. The second-order valence-electron chi connectivity index (χ2n) is 3.62. The maximum Gasteiger partial charge on any atom is 0.0767 e. The molecule has 22 heavy (non-hydrogen) atoms. The van der Waals surface area contributed by atoms with E-state index in [9.17, 15) is 0 Å². The molecule has 0 atom stereocenters. The van der Waals surface area contributed by atoms with Crippen molar-refractivity contribution in [1.82, 2.24) is 0 Å². The van der Waals surface area contributed by atoms with Crippen LogP contribution in [0.5, 0.6) is 0 Å². The molecule has 0 aromatic carbocycles. The van der Waals surface area contributed by atoms with Crippen molar-refractivity contribution < 1.29 is 0 Å². The Morgan fingerprint density at radius 2 is 1.18 bits per heavy atom. The van der Waals surface area contributed by atoms with Crippen molar-refractivity contribution in [1.29, 1.82) is 10.5 Å². The molecule has 0 aliphatic carbocycles. The minimum absolute atomic E-state index is 0.559. The van der Waals surface area contributed by atoms with E-state index in [0.29, 0.717) is 12.8 Å². The summed E-state index contributed by atoms with van der Waals surface area (Å²) < 4.78 is 7.34. The average Bonchev–Trinajstić information content (AvgIpc) is 3.04. The lowest BCUT2D eigenvalue weighted by molar-refractivity contribution is 1.24. The summed E-state index contributed by atoms with van der Waals surface area (Å²) in [5, 5.41) is 17.4. The summed E-state index contributed by atoms with van der Waals surface area (Å²) in [6.07, 6.45) is 1.12. The number of hydrogen-bond donors (Lipinski definition) is 0. The van der Waals surface area contributed by atoms with Gasteiger partial charge in [0, 0.05) is 24.3 Å². The van der Waals surface area contributed by atoms with Crippen LogP contribution in [0.1, 0.15) is 12.8 Å². The Bertz CT molecular complexity index is 579. The Hall–Kier alpha value is 1.26. The van der Waals surface area contributed by atoms with Gasteiger partial charge in [0.2, 0.25) is 0 Å². The van der Waals surface area contributed by atoms with Gasteiger partial charge in [-0.2, -0.15) is 10.5 Å². The third-order valence-electron chi connectivity index (χ3n) is 2.12. The van der Waals surface area contributed by atoms with Crippen LogP contribution in [0.4, 0.5) is 0 Å². The van der Waals surface area contributed by atoms with Gasteiger partial charge in [-0.1, -0.05) is 47.0 Å². The maximum atomic E-state index is 8.70. The maximum absolute atomic E-state index is 8.70. The van der Waals surface area contributed by atoms with E-state index in [1.165, 1.54) is 16.9 Å². The van der Waals surface area contributed by atoms with Gasteiger partial charge in [-0.05, 0) is 31.9 Å². The van der Waals surface area contributed by atoms with Crippen molar-refractivity contribution in [2.75, 3.05) is 11.5 Å². The third-order valence-corrected chi connectivity index (χ3v) is 13.2. The lowest BCUT2D eigenvalue weighted by Gasteiger charge is -2.01. The van der Waals surface area contributed by atoms with E-state index in [2.05, 4.69) is 44.0 Å². The van der Waals surface area contributed by atoms with Gasteiger partial charge < -0.3 is 0 Å². The molecular weight excluding hydrogens is 524 g/mol. The van der Waals surface area contributed by atoms with Gasteiger partial charge in [-0.25, -0.2) is 0 Å². The molecule has 2 heterocycles. The highest BCUT2D eigenvalue weighted by Gasteiger charge is 2.29. The van der Waals surface area contributed by atoms with Crippen LogP contribution in [0.25, 0.3) is 0 Å². The van der Waals surface area contributed by atoms with Crippen LogP contribution >= 0.6 is 102 Å². The zero-order valence-electron chi connectivity index (χ0n) is 10.9. The topological polar surface area (TPSA) is 47.6 Å². The predicted molar refractivity (Wildman–Crippen MR) is 115 cm³/mol.